The van der Waals surface area contributed by atoms with E-state index in [0.29, 0.717) is 22.4 Å². The van der Waals surface area contributed by atoms with E-state index in [9.17, 15) is 24.5 Å². The Morgan fingerprint density at radius 2 is 1.25 bits per heavy atom. The van der Waals surface area contributed by atoms with Crippen LogP contribution in [-0.2, 0) is 4.74 Å². The first-order valence-electron chi connectivity index (χ1n) is 10.9. The van der Waals surface area contributed by atoms with Gasteiger partial charge in [-0.1, -0.05) is 48.5 Å². The first kappa shape index (κ1) is 24.0. The third-order valence-electron chi connectivity index (χ3n) is 5.34. The van der Waals surface area contributed by atoms with Crippen molar-refractivity contribution in [2.24, 2.45) is 0 Å². The van der Waals surface area contributed by atoms with E-state index in [1.807, 2.05) is 6.07 Å². The molecule has 178 valence electrons. The molecule has 8 nitrogen and oxygen atoms in total. The zero-order chi connectivity index (χ0) is 25.5. The fourth-order valence-electron chi connectivity index (χ4n) is 3.46. The number of rotatable bonds is 8. The van der Waals surface area contributed by atoms with Crippen molar-refractivity contribution in [3.05, 3.63) is 142 Å². The molecule has 0 aromatic heterocycles. The average Bonchev–Trinajstić information content (AvgIpc) is 2.92. The molecule has 0 saturated heterocycles. The molecule has 1 atom stereocenters. The lowest BCUT2D eigenvalue weighted by atomic mass is 9.99. The standard InChI is InChI=1S/C28H20N2O6/c31-25(19-7-3-1-4-8-19)26(20-13-17-24(18-14-20)30(34)35)36-28(33)22-11-15-23(16-12-22)29-27(32)21-9-5-2-6-10-21/h1-18,26H,(H,29,32)/t26-/m0/s1. The minimum Gasteiger partial charge on any atom is -0.445 e. The topological polar surface area (TPSA) is 116 Å². The lowest BCUT2D eigenvalue weighted by Crippen LogP contribution is -2.20. The van der Waals surface area contributed by atoms with Crippen LogP contribution in [0.2, 0.25) is 0 Å². The van der Waals surface area contributed by atoms with Crippen molar-refractivity contribution >= 4 is 29.0 Å². The molecular weight excluding hydrogens is 460 g/mol. The first-order chi connectivity index (χ1) is 17.4. The zero-order valence-electron chi connectivity index (χ0n) is 18.9. The van der Waals surface area contributed by atoms with Crippen LogP contribution in [0.5, 0.6) is 0 Å². The maximum atomic E-state index is 13.2. The molecule has 1 N–H and O–H groups in total. The van der Waals surface area contributed by atoms with Gasteiger partial charge in [0.15, 0.2) is 6.10 Å². The summed E-state index contributed by atoms with van der Waals surface area (Å²) in [6.07, 6.45) is -1.31. The van der Waals surface area contributed by atoms with Gasteiger partial charge in [0.05, 0.1) is 10.5 Å². The molecule has 0 heterocycles. The van der Waals surface area contributed by atoms with Crippen LogP contribution in [0.4, 0.5) is 11.4 Å². The van der Waals surface area contributed by atoms with Crippen LogP contribution in [0.1, 0.15) is 42.7 Å². The van der Waals surface area contributed by atoms with Crippen molar-refractivity contribution < 1.29 is 24.0 Å². The summed E-state index contributed by atoms with van der Waals surface area (Å²) in [4.78, 5) is 48.9. The minimum absolute atomic E-state index is 0.149. The van der Waals surface area contributed by atoms with Crippen molar-refractivity contribution in [3.63, 3.8) is 0 Å². The molecule has 8 heteroatoms. The number of nitro benzene ring substituents is 1. The number of nitro groups is 1. The molecule has 36 heavy (non-hydrogen) atoms. The van der Waals surface area contributed by atoms with E-state index in [1.54, 1.807) is 66.7 Å². The van der Waals surface area contributed by atoms with E-state index in [1.165, 1.54) is 36.4 Å². The fraction of sp³-hybridized carbons (Fsp3) is 0.0357. The predicted molar refractivity (Wildman–Crippen MR) is 133 cm³/mol. The van der Waals surface area contributed by atoms with Gasteiger partial charge in [-0.05, 0) is 48.5 Å². The van der Waals surface area contributed by atoms with E-state index >= 15 is 0 Å². The van der Waals surface area contributed by atoms with E-state index in [2.05, 4.69) is 5.32 Å². The summed E-state index contributed by atoms with van der Waals surface area (Å²) in [7, 11) is 0. The Labute approximate surface area is 206 Å². The Balaban J connectivity index is 1.53. The molecule has 1 amide bonds. The molecule has 4 aromatic rings. The number of amides is 1. The van der Waals surface area contributed by atoms with Crippen LogP contribution in [0.25, 0.3) is 0 Å². The van der Waals surface area contributed by atoms with E-state index < -0.39 is 22.8 Å². The monoisotopic (exact) mass is 480 g/mol. The van der Waals surface area contributed by atoms with Gasteiger partial charge in [-0.2, -0.15) is 0 Å². The van der Waals surface area contributed by atoms with Gasteiger partial charge >= 0.3 is 5.97 Å². The smallest absolute Gasteiger partial charge is 0.339 e. The molecule has 0 aliphatic heterocycles. The fourth-order valence-corrected chi connectivity index (χ4v) is 3.46. The van der Waals surface area contributed by atoms with Crippen molar-refractivity contribution in [1.82, 2.24) is 0 Å². The Morgan fingerprint density at radius 1 is 0.694 bits per heavy atom. The summed E-state index contributed by atoms with van der Waals surface area (Å²) in [6, 6.07) is 28.3. The number of hydrogen-bond acceptors (Lipinski definition) is 6. The summed E-state index contributed by atoms with van der Waals surface area (Å²) in [5.41, 5.74) is 1.62. The van der Waals surface area contributed by atoms with Gasteiger partial charge in [0.1, 0.15) is 0 Å². The molecule has 4 aromatic carbocycles. The van der Waals surface area contributed by atoms with Crippen LogP contribution in [-0.4, -0.2) is 22.6 Å². The lowest BCUT2D eigenvalue weighted by molar-refractivity contribution is -0.384. The van der Waals surface area contributed by atoms with Crippen molar-refractivity contribution in [1.29, 1.82) is 0 Å². The highest BCUT2D eigenvalue weighted by molar-refractivity contribution is 6.05. The Hall–Kier alpha value is -5.11. The molecule has 0 spiro atoms. The number of hydrogen-bond donors (Lipinski definition) is 1. The predicted octanol–water partition coefficient (Wildman–Crippen LogP) is 5.63. The van der Waals surface area contributed by atoms with Gasteiger partial charge in [0, 0.05) is 34.5 Å². The van der Waals surface area contributed by atoms with Gasteiger partial charge in [-0.3, -0.25) is 19.7 Å². The van der Waals surface area contributed by atoms with E-state index in [-0.39, 0.29) is 17.2 Å². The quantitative estimate of drug-likeness (QED) is 0.151. The third kappa shape index (κ3) is 5.68. The maximum Gasteiger partial charge on any atom is 0.339 e. The number of carbonyl (C=O) groups excluding carboxylic acids is 3. The summed E-state index contributed by atoms with van der Waals surface area (Å²) < 4.78 is 5.58. The third-order valence-corrected chi connectivity index (χ3v) is 5.34. The van der Waals surface area contributed by atoms with Crippen LogP contribution in [0.3, 0.4) is 0 Å². The van der Waals surface area contributed by atoms with Gasteiger partial charge in [-0.25, -0.2) is 4.79 Å². The highest BCUT2D eigenvalue weighted by Gasteiger charge is 2.27. The normalized spacial score (nSPS) is 11.2. The number of nitrogens with zero attached hydrogens (tertiary/aromatic N) is 1. The van der Waals surface area contributed by atoms with Gasteiger partial charge in [0.2, 0.25) is 5.78 Å². The number of benzene rings is 4. The van der Waals surface area contributed by atoms with Gasteiger partial charge in [-0.15, -0.1) is 0 Å². The number of carbonyl (C=O) groups is 3. The number of Topliss-reactive ketones (excluding diaryl/α,β-unsaturated/α-hetero) is 1. The number of ketones is 1. The van der Waals surface area contributed by atoms with E-state index in [4.69, 9.17) is 4.74 Å². The summed E-state index contributed by atoms with van der Waals surface area (Å²) >= 11 is 0. The molecule has 0 bridgehead atoms. The zero-order valence-corrected chi connectivity index (χ0v) is 18.9. The minimum atomic E-state index is -1.31. The second-order valence-electron chi connectivity index (χ2n) is 7.76. The van der Waals surface area contributed by atoms with Crippen LogP contribution < -0.4 is 5.32 Å². The number of nitrogens with one attached hydrogen (secondary N) is 1. The molecular formula is C28H20N2O6. The SMILES string of the molecule is O=C(Nc1ccc(C(=O)O[C@H](C(=O)c2ccccc2)c2ccc([N+](=O)[O-])cc2)cc1)c1ccccc1. The second kappa shape index (κ2) is 10.9. The largest absolute Gasteiger partial charge is 0.445 e. The van der Waals surface area contributed by atoms with Crippen LogP contribution >= 0.6 is 0 Å². The number of ether oxygens (including phenoxy) is 1. The highest BCUT2D eigenvalue weighted by atomic mass is 16.6. The Morgan fingerprint density at radius 3 is 1.81 bits per heavy atom. The molecule has 0 fully saturated rings. The Kier molecular flexibility index (Phi) is 7.26. The average molecular weight is 480 g/mol. The van der Waals surface area contributed by atoms with Crippen LogP contribution in [0.15, 0.2) is 109 Å². The summed E-state index contributed by atoms with van der Waals surface area (Å²) in [5.74, 6) is -1.52. The first-order valence-corrected chi connectivity index (χ1v) is 10.9. The summed E-state index contributed by atoms with van der Waals surface area (Å²) in [5, 5.41) is 13.7. The van der Waals surface area contributed by atoms with Crippen molar-refractivity contribution in [2.75, 3.05) is 5.32 Å². The Bertz CT molecular complexity index is 1390. The van der Waals surface area contributed by atoms with Crippen LogP contribution in [0, 0.1) is 10.1 Å². The van der Waals surface area contributed by atoms with E-state index in [0.717, 1.165) is 0 Å². The molecule has 0 aliphatic rings. The molecule has 0 radical (unpaired) electrons. The highest BCUT2D eigenvalue weighted by Crippen LogP contribution is 2.26. The lowest BCUT2D eigenvalue weighted by Gasteiger charge is -2.17. The number of anilines is 1. The molecule has 4 rings (SSSR count). The molecule has 0 aliphatic carbocycles. The molecule has 0 unspecified atom stereocenters. The van der Waals surface area contributed by atoms with Crippen molar-refractivity contribution in [2.45, 2.75) is 6.10 Å². The number of non-ortho nitro benzene ring substituents is 1. The van der Waals surface area contributed by atoms with Gasteiger partial charge in [0.25, 0.3) is 11.6 Å². The second-order valence-corrected chi connectivity index (χ2v) is 7.76. The summed E-state index contributed by atoms with van der Waals surface area (Å²) in [6.45, 7) is 0. The molecule has 0 saturated carbocycles. The van der Waals surface area contributed by atoms with Crippen molar-refractivity contribution in [3.8, 4) is 0 Å². The van der Waals surface area contributed by atoms with Gasteiger partial charge < -0.3 is 10.1 Å². The maximum absolute atomic E-state index is 13.2. The number of esters is 1.